The Bertz CT molecular complexity index is 1250. The Kier molecular flexibility index (Phi) is 7.90. The number of aliphatic hydroxyl groups excluding tert-OH is 1. The third-order valence-corrected chi connectivity index (χ3v) is 6.34. The molecule has 1 aromatic heterocycles. The van der Waals surface area contributed by atoms with Gasteiger partial charge in [0.05, 0.1) is 27.9 Å². The van der Waals surface area contributed by atoms with E-state index in [2.05, 4.69) is 21.9 Å². The summed E-state index contributed by atoms with van der Waals surface area (Å²) in [6.45, 7) is 4.51. The molecule has 0 spiro atoms. The molecule has 1 aliphatic heterocycles. The normalized spacial score (nSPS) is 14.1. The van der Waals surface area contributed by atoms with Crippen molar-refractivity contribution in [3.63, 3.8) is 0 Å². The van der Waals surface area contributed by atoms with E-state index < -0.39 is 5.82 Å². The Morgan fingerprint density at radius 3 is 2.74 bits per heavy atom. The molecule has 0 unspecified atom stereocenters. The maximum absolute atomic E-state index is 14.6. The number of hydrogen-bond donors (Lipinski definition) is 2. The molecule has 184 valence electrons. The molecule has 2 heterocycles. The number of nitrogens with one attached hydrogen (secondary N) is 1. The third kappa shape index (κ3) is 5.58. The predicted octanol–water partition coefficient (Wildman–Crippen LogP) is 4.75. The highest BCUT2D eigenvalue weighted by Gasteiger charge is 2.24. The smallest absolute Gasteiger partial charge is 0.245 e. The first-order chi connectivity index (χ1) is 16.9. The quantitative estimate of drug-likeness (QED) is 0.326. The molecule has 3 aromatic rings. The molecule has 0 saturated carbocycles. The number of likely N-dealkylation sites (tertiary alicyclic amines) is 1. The fourth-order valence-electron chi connectivity index (χ4n) is 3.78. The molecule has 0 atom stereocenters. The average molecular weight is 521 g/mol. The number of piperidine rings is 1. The van der Waals surface area contributed by atoms with Crippen LogP contribution in [-0.2, 0) is 4.79 Å². The van der Waals surface area contributed by atoms with Crippen molar-refractivity contribution in [3.05, 3.63) is 59.1 Å². The standard InChI is InChI=1S/C24H23Cl2FN4O4/c1-2-21(33)31-7-5-14(6-8-31)35-20-11-15-18(12-19(20)34-10-9-32)28-13-29-24(15)30-17-4-3-16(25)22(26)23(17)27/h2-4,11-14,32H,1,5-10H2,(H,28,29,30). The maximum atomic E-state index is 14.6. The van der Waals surface area contributed by atoms with Gasteiger partial charge in [0, 0.05) is 37.4 Å². The number of carbonyl (C=O) groups excluding carboxylic acids is 1. The van der Waals surface area contributed by atoms with Gasteiger partial charge in [0.2, 0.25) is 5.91 Å². The van der Waals surface area contributed by atoms with E-state index in [4.69, 9.17) is 32.7 Å². The first kappa shape index (κ1) is 25.0. The van der Waals surface area contributed by atoms with Gasteiger partial charge >= 0.3 is 0 Å². The molecule has 8 nitrogen and oxygen atoms in total. The molecule has 0 bridgehead atoms. The van der Waals surface area contributed by atoms with Gasteiger partial charge < -0.3 is 24.8 Å². The number of rotatable bonds is 8. The fraction of sp³-hybridized carbons (Fsp3) is 0.292. The van der Waals surface area contributed by atoms with E-state index in [0.717, 1.165) is 0 Å². The van der Waals surface area contributed by atoms with E-state index in [0.29, 0.717) is 54.2 Å². The van der Waals surface area contributed by atoms with Crippen LogP contribution in [0.5, 0.6) is 11.5 Å². The van der Waals surface area contributed by atoms with Gasteiger partial charge in [0.25, 0.3) is 0 Å². The molecule has 4 rings (SSSR count). The van der Waals surface area contributed by atoms with Gasteiger partial charge in [-0.05, 0) is 24.3 Å². The molecule has 11 heteroatoms. The van der Waals surface area contributed by atoms with E-state index in [1.54, 1.807) is 17.0 Å². The zero-order chi connectivity index (χ0) is 24.9. The Balaban J connectivity index is 1.65. The molecule has 1 aliphatic rings. The van der Waals surface area contributed by atoms with Gasteiger partial charge in [0.15, 0.2) is 17.3 Å². The number of amides is 1. The second-order valence-corrected chi connectivity index (χ2v) is 8.59. The first-order valence-corrected chi connectivity index (χ1v) is 11.7. The lowest BCUT2D eigenvalue weighted by Crippen LogP contribution is -2.41. The van der Waals surface area contributed by atoms with Crippen LogP contribution in [0, 0.1) is 5.82 Å². The van der Waals surface area contributed by atoms with E-state index in [9.17, 15) is 14.3 Å². The molecule has 0 radical (unpaired) electrons. The minimum atomic E-state index is -0.703. The van der Waals surface area contributed by atoms with Gasteiger partial charge in [-0.15, -0.1) is 0 Å². The summed E-state index contributed by atoms with van der Waals surface area (Å²) in [4.78, 5) is 22.1. The Labute approximate surface area is 211 Å². The summed E-state index contributed by atoms with van der Waals surface area (Å²) in [5.41, 5.74) is 0.622. The van der Waals surface area contributed by atoms with E-state index in [1.165, 1.54) is 24.5 Å². The number of ether oxygens (including phenoxy) is 2. The Morgan fingerprint density at radius 2 is 2.03 bits per heavy atom. The predicted molar refractivity (Wildman–Crippen MR) is 132 cm³/mol. The van der Waals surface area contributed by atoms with Crippen LogP contribution in [-0.4, -0.2) is 58.3 Å². The van der Waals surface area contributed by atoms with Crippen LogP contribution in [0.4, 0.5) is 15.9 Å². The monoisotopic (exact) mass is 520 g/mol. The van der Waals surface area contributed by atoms with Crippen LogP contribution in [0.1, 0.15) is 12.8 Å². The van der Waals surface area contributed by atoms with Crippen molar-refractivity contribution in [2.24, 2.45) is 0 Å². The molecule has 1 amide bonds. The topological polar surface area (TPSA) is 96.8 Å². The summed E-state index contributed by atoms with van der Waals surface area (Å²) in [7, 11) is 0. The number of nitrogens with zero attached hydrogens (tertiary/aromatic N) is 3. The number of halogens is 3. The summed E-state index contributed by atoms with van der Waals surface area (Å²) in [5, 5.41) is 12.6. The van der Waals surface area contributed by atoms with Crippen LogP contribution < -0.4 is 14.8 Å². The molecule has 0 aliphatic carbocycles. The van der Waals surface area contributed by atoms with Gasteiger partial charge in [-0.3, -0.25) is 4.79 Å². The lowest BCUT2D eigenvalue weighted by atomic mass is 10.1. The number of anilines is 2. The highest BCUT2D eigenvalue weighted by Crippen LogP contribution is 2.37. The minimum Gasteiger partial charge on any atom is -0.487 e. The number of hydrogen-bond acceptors (Lipinski definition) is 7. The van der Waals surface area contributed by atoms with Crippen LogP contribution in [0.15, 0.2) is 43.2 Å². The van der Waals surface area contributed by atoms with Crippen LogP contribution in [0.2, 0.25) is 10.0 Å². The van der Waals surface area contributed by atoms with E-state index >= 15 is 0 Å². The summed E-state index contributed by atoms with van der Waals surface area (Å²) < 4.78 is 26.6. The lowest BCUT2D eigenvalue weighted by molar-refractivity contribution is -0.127. The zero-order valence-corrected chi connectivity index (χ0v) is 20.2. The number of fused-ring (bicyclic) bond motifs is 1. The van der Waals surface area contributed by atoms with Crippen molar-refractivity contribution >= 4 is 51.5 Å². The summed E-state index contributed by atoms with van der Waals surface area (Å²) in [5.74, 6) is 0.348. The van der Waals surface area contributed by atoms with Crippen LogP contribution in [0.25, 0.3) is 10.9 Å². The first-order valence-electron chi connectivity index (χ1n) is 10.9. The minimum absolute atomic E-state index is 0.0683. The van der Waals surface area contributed by atoms with Crippen molar-refractivity contribution in [1.29, 1.82) is 0 Å². The van der Waals surface area contributed by atoms with Crippen molar-refractivity contribution in [3.8, 4) is 11.5 Å². The number of benzene rings is 2. The van der Waals surface area contributed by atoms with Crippen molar-refractivity contribution in [1.82, 2.24) is 14.9 Å². The SMILES string of the molecule is C=CC(=O)N1CCC(Oc2cc3c(Nc4ccc(Cl)c(Cl)c4F)ncnc3cc2OCCO)CC1. The summed E-state index contributed by atoms with van der Waals surface area (Å²) in [6, 6.07) is 6.33. The second kappa shape index (κ2) is 11.1. The van der Waals surface area contributed by atoms with Crippen LogP contribution >= 0.6 is 23.2 Å². The van der Waals surface area contributed by atoms with E-state index in [1.807, 2.05) is 0 Å². The molecular formula is C24H23Cl2FN4O4. The molecule has 1 saturated heterocycles. The Morgan fingerprint density at radius 1 is 1.26 bits per heavy atom. The average Bonchev–Trinajstić information content (AvgIpc) is 2.88. The maximum Gasteiger partial charge on any atom is 0.245 e. The van der Waals surface area contributed by atoms with Gasteiger partial charge in [-0.2, -0.15) is 0 Å². The van der Waals surface area contributed by atoms with Crippen molar-refractivity contribution < 1.29 is 23.8 Å². The fourth-order valence-corrected chi connectivity index (χ4v) is 4.09. The highest BCUT2D eigenvalue weighted by molar-refractivity contribution is 6.42. The van der Waals surface area contributed by atoms with Crippen molar-refractivity contribution in [2.75, 3.05) is 31.6 Å². The molecule has 1 fully saturated rings. The summed E-state index contributed by atoms with van der Waals surface area (Å²) >= 11 is 11.8. The largest absolute Gasteiger partial charge is 0.487 e. The highest BCUT2D eigenvalue weighted by atomic mass is 35.5. The van der Waals surface area contributed by atoms with Gasteiger partial charge in [0.1, 0.15) is 24.9 Å². The molecule has 2 N–H and O–H groups in total. The number of aliphatic hydroxyl groups is 1. The second-order valence-electron chi connectivity index (χ2n) is 7.80. The van der Waals surface area contributed by atoms with E-state index in [-0.39, 0.29) is 41.0 Å². The Hall–Kier alpha value is -3.14. The molecule has 2 aromatic carbocycles. The molecular weight excluding hydrogens is 498 g/mol. The summed E-state index contributed by atoms with van der Waals surface area (Å²) in [6.07, 6.45) is 3.73. The lowest BCUT2D eigenvalue weighted by Gasteiger charge is -2.32. The number of aromatic nitrogens is 2. The van der Waals surface area contributed by atoms with Crippen LogP contribution in [0.3, 0.4) is 0 Å². The van der Waals surface area contributed by atoms with Gasteiger partial charge in [-0.25, -0.2) is 14.4 Å². The van der Waals surface area contributed by atoms with Crippen molar-refractivity contribution in [2.45, 2.75) is 18.9 Å². The van der Waals surface area contributed by atoms with Gasteiger partial charge in [-0.1, -0.05) is 29.8 Å². The molecule has 35 heavy (non-hydrogen) atoms. The zero-order valence-electron chi connectivity index (χ0n) is 18.6. The number of carbonyl (C=O) groups is 1. The third-order valence-electron chi connectivity index (χ3n) is 5.56.